The molecular formula is C23H18ClF3N4O5. The van der Waals surface area contributed by atoms with E-state index in [0.29, 0.717) is 11.3 Å². The predicted molar refractivity (Wildman–Crippen MR) is 123 cm³/mol. The first-order valence-electron chi connectivity index (χ1n) is 10.2. The van der Waals surface area contributed by atoms with Gasteiger partial charge in [0.15, 0.2) is 0 Å². The summed E-state index contributed by atoms with van der Waals surface area (Å²) in [6, 6.07) is 11.7. The van der Waals surface area contributed by atoms with Crippen molar-refractivity contribution in [2.45, 2.75) is 12.7 Å². The molecule has 188 valence electrons. The van der Waals surface area contributed by atoms with Gasteiger partial charge in [0, 0.05) is 24.5 Å². The number of alkyl halides is 3. The SMILES string of the molecule is O=C(O)CNC(=O)c1cc(Oc2ccc(CNC(=O)Nc3ccc(Cl)c(C(F)(F)F)c3)cc2)ccn1. The molecule has 0 aliphatic carbocycles. The average Bonchev–Trinajstić information content (AvgIpc) is 2.83. The molecular weight excluding hydrogens is 505 g/mol. The van der Waals surface area contributed by atoms with Gasteiger partial charge >= 0.3 is 18.2 Å². The molecule has 0 saturated heterocycles. The Morgan fingerprint density at radius 3 is 2.36 bits per heavy atom. The number of carbonyl (C=O) groups excluding carboxylic acids is 2. The molecule has 2 aromatic carbocycles. The summed E-state index contributed by atoms with van der Waals surface area (Å²) < 4.78 is 44.5. The number of aromatic nitrogens is 1. The largest absolute Gasteiger partial charge is 0.480 e. The lowest BCUT2D eigenvalue weighted by atomic mass is 10.2. The molecule has 1 aromatic heterocycles. The second-order valence-corrected chi connectivity index (χ2v) is 7.61. The first-order chi connectivity index (χ1) is 17.0. The van der Waals surface area contributed by atoms with Crippen LogP contribution in [0.25, 0.3) is 0 Å². The van der Waals surface area contributed by atoms with Crippen LogP contribution in [0.1, 0.15) is 21.6 Å². The van der Waals surface area contributed by atoms with Crippen LogP contribution in [0.15, 0.2) is 60.8 Å². The smallest absolute Gasteiger partial charge is 0.417 e. The summed E-state index contributed by atoms with van der Waals surface area (Å²) in [6.07, 6.45) is -3.32. The number of carboxylic acids is 1. The summed E-state index contributed by atoms with van der Waals surface area (Å²) in [7, 11) is 0. The molecule has 0 atom stereocenters. The van der Waals surface area contributed by atoms with Crippen molar-refractivity contribution in [1.82, 2.24) is 15.6 Å². The Bertz CT molecular complexity index is 1270. The number of pyridine rings is 1. The topological polar surface area (TPSA) is 130 Å². The van der Waals surface area contributed by atoms with Gasteiger partial charge in [-0.25, -0.2) is 4.79 Å². The predicted octanol–water partition coefficient (Wildman–Crippen LogP) is 4.68. The average molecular weight is 523 g/mol. The molecule has 0 aliphatic heterocycles. The van der Waals surface area contributed by atoms with Gasteiger partial charge in [-0.05, 0) is 42.0 Å². The second-order valence-electron chi connectivity index (χ2n) is 7.20. The zero-order valence-corrected chi connectivity index (χ0v) is 19.0. The number of benzene rings is 2. The van der Waals surface area contributed by atoms with Crippen LogP contribution in [0.2, 0.25) is 5.02 Å². The Kier molecular flexibility index (Phi) is 8.33. The van der Waals surface area contributed by atoms with Crippen LogP contribution in [0.3, 0.4) is 0 Å². The maximum absolute atomic E-state index is 13.0. The summed E-state index contributed by atoms with van der Waals surface area (Å²) >= 11 is 5.57. The van der Waals surface area contributed by atoms with Crippen molar-refractivity contribution in [3.63, 3.8) is 0 Å². The number of amides is 3. The molecule has 0 fully saturated rings. The number of anilines is 1. The molecule has 0 radical (unpaired) electrons. The molecule has 0 spiro atoms. The van der Waals surface area contributed by atoms with Crippen molar-refractivity contribution in [3.05, 3.63) is 82.6 Å². The minimum absolute atomic E-state index is 0.0244. The lowest BCUT2D eigenvalue weighted by Crippen LogP contribution is -2.29. The lowest BCUT2D eigenvalue weighted by Gasteiger charge is -2.12. The molecule has 3 amide bonds. The number of nitrogens with zero attached hydrogens (tertiary/aromatic N) is 1. The Labute approximate surface area is 207 Å². The summed E-state index contributed by atoms with van der Waals surface area (Å²) in [6.45, 7) is -0.470. The van der Waals surface area contributed by atoms with Crippen LogP contribution in [-0.4, -0.2) is 34.5 Å². The maximum atomic E-state index is 13.0. The van der Waals surface area contributed by atoms with Gasteiger partial charge in [0.05, 0.1) is 10.6 Å². The first-order valence-corrected chi connectivity index (χ1v) is 10.5. The molecule has 0 unspecified atom stereocenters. The van der Waals surface area contributed by atoms with Crippen molar-refractivity contribution >= 4 is 35.2 Å². The molecule has 36 heavy (non-hydrogen) atoms. The fourth-order valence-electron chi connectivity index (χ4n) is 2.83. The van der Waals surface area contributed by atoms with Gasteiger partial charge in [-0.15, -0.1) is 0 Å². The third-order valence-corrected chi connectivity index (χ3v) is 4.84. The van der Waals surface area contributed by atoms with E-state index in [-0.39, 0.29) is 23.7 Å². The van der Waals surface area contributed by atoms with Gasteiger partial charge in [-0.1, -0.05) is 23.7 Å². The zero-order chi connectivity index (χ0) is 26.3. The van der Waals surface area contributed by atoms with Crippen LogP contribution in [0, 0.1) is 0 Å². The molecule has 0 bridgehead atoms. The maximum Gasteiger partial charge on any atom is 0.417 e. The van der Waals surface area contributed by atoms with Crippen LogP contribution in [-0.2, 0) is 17.5 Å². The summed E-state index contributed by atoms with van der Waals surface area (Å²) in [5.41, 5.74) is -0.474. The molecule has 13 heteroatoms. The van der Waals surface area contributed by atoms with E-state index in [4.69, 9.17) is 21.4 Å². The number of aliphatic carboxylic acids is 1. The molecule has 9 nitrogen and oxygen atoms in total. The van der Waals surface area contributed by atoms with Crippen LogP contribution >= 0.6 is 11.6 Å². The van der Waals surface area contributed by atoms with Gasteiger partial charge in [-0.3, -0.25) is 14.6 Å². The number of carbonyl (C=O) groups is 3. The minimum Gasteiger partial charge on any atom is -0.480 e. The van der Waals surface area contributed by atoms with E-state index in [1.165, 1.54) is 24.4 Å². The number of ether oxygens (including phenoxy) is 1. The van der Waals surface area contributed by atoms with E-state index >= 15 is 0 Å². The van der Waals surface area contributed by atoms with Gasteiger partial charge in [0.1, 0.15) is 23.7 Å². The van der Waals surface area contributed by atoms with Crippen molar-refractivity contribution in [2.75, 3.05) is 11.9 Å². The third kappa shape index (κ3) is 7.60. The Balaban J connectivity index is 1.54. The van der Waals surface area contributed by atoms with Crippen molar-refractivity contribution in [1.29, 1.82) is 0 Å². The van der Waals surface area contributed by atoms with Gasteiger partial charge in [0.25, 0.3) is 5.91 Å². The number of nitrogens with one attached hydrogen (secondary N) is 3. The van der Waals surface area contributed by atoms with Crippen LogP contribution < -0.4 is 20.7 Å². The van der Waals surface area contributed by atoms with Crippen LogP contribution in [0.4, 0.5) is 23.7 Å². The Morgan fingerprint density at radius 2 is 1.69 bits per heavy atom. The summed E-state index contributed by atoms with van der Waals surface area (Å²) in [4.78, 5) is 38.4. The van der Waals surface area contributed by atoms with E-state index < -0.39 is 41.2 Å². The molecule has 3 aromatic rings. The van der Waals surface area contributed by atoms with Gasteiger partial charge in [0.2, 0.25) is 0 Å². The summed E-state index contributed by atoms with van der Waals surface area (Å²) in [5, 5.41) is 15.2. The number of hydrogen-bond acceptors (Lipinski definition) is 5. The lowest BCUT2D eigenvalue weighted by molar-refractivity contribution is -0.137. The highest BCUT2D eigenvalue weighted by molar-refractivity contribution is 6.31. The monoisotopic (exact) mass is 522 g/mol. The molecule has 0 saturated carbocycles. The molecule has 3 rings (SSSR count). The molecule has 0 aliphatic rings. The first kappa shape index (κ1) is 26.3. The summed E-state index contributed by atoms with van der Waals surface area (Å²) in [5.74, 6) is -1.16. The van der Waals surface area contributed by atoms with E-state index in [1.54, 1.807) is 24.3 Å². The van der Waals surface area contributed by atoms with Gasteiger partial charge < -0.3 is 25.8 Å². The van der Waals surface area contributed by atoms with Crippen molar-refractivity contribution in [2.24, 2.45) is 0 Å². The van der Waals surface area contributed by atoms with Crippen molar-refractivity contribution < 1.29 is 37.4 Å². The van der Waals surface area contributed by atoms with E-state index in [0.717, 1.165) is 12.1 Å². The number of halogens is 4. The van der Waals surface area contributed by atoms with Crippen LogP contribution in [0.5, 0.6) is 11.5 Å². The number of carboxylic acid groups (broad SMARTS) is 1. The van der Waals surface area contributed by atoms with E-state index in [1.807, 2.05) is 0 Å². The standard InChI is InChI=1S/C23H18ClF3N4O5/c24-18-6-3-14(9-17(18)23(25,26)27)31-22(35)30-11-13-1-4-15(5-2-13)36-16-7-8-28-19(10-16)21(34)29-12-20(32)33/h1-10H,11-12H2,(H,29,34)(H,32,33)(H2,30,31,35). The third-order valence-electron chi connectivity index (χ3n) is 4.51. The highest BCUT2D eigenvalue weighted by Gasteiger charge is 2.33. The Hall–Kier alpha value is -4.32. The second kappa shape index (κ2) is 11.4. The fourth-order valence-corrected chi connectivity index (χ4v) is 3.06. The Morgan fingerprint density at radius 1 is 0.972 bits per heavy atom. The highest BCUT2D eigenvalue weighted by atomic mass is 35.5. The van der Waals surface area contributed by atoms with E-state index in [9.17, 15) is 27.6 Å². The quantitative estimate of drug-likeness (QED) is 0.340. The van der Waals surface area contributed by atoms with Crippen molar-refractivity contribution in [3.8, 4) is 11.5 Å². The number of hydrogen-bond donors (Lipinski definition) is 4. The number of urea groups is 1. The molecule has 4 N–H and O–H groups in total. The molecule has 1 heterocycles. The van der Waals surface area contributed by atoms with Gasteiger partial charge in [-0.2, -0.15) is 13.2 Å². The zero-order valence-electron chi connectivity index (χ0n) is 18.2. The van der Waals surface area contributed by atoms with E-state index in [2.05, 4.69) is 20.9 Å². The number of rotatable bonds is 8. The highest BCUT2D eigenvalue weighted by Crippen LogP contribution is 2.36. The fraction of sp³-hybridized carbons (Fsp3) is 0.130. The normalized spacial score (nSPS) is 10.9. The minimum atomic E-state index is -4.65.